The lowest BCUT2D eigenvalue weighted by molar-refractivity contribution is 0.177. The average molecular weight is 290 g/mol. The topological polar surface area (TPSA) is 15.3 Å². The van der Waals surface area contributed by atoms with Crippen molar-refractivity contribution in [1.29, 1.82) is 0 Å². The SMILES string of the molecule is CCNC(CN(CC(C)C)C(C)C)c1cc(C)cc(C)c1. The van der Waals surface area contributed by atoms with Crippen molar-refractivity contribution in [2.45, 2.75) is 60.5 Å². The summed E-state index contributed by atoms with van der Waals surface area (Å²) in [4.78, 5) is 2.59. The van der Waals surface area contributed by atoms with Crippen LogP contribution >= 0.6 is 0 Å². The van der Waals surface area contributed by atoms with Gasteiger partial charge in [-0.1, -0.05) is 50.1 Å². The highest BCUT2D eigenvalue weighted by Crippen LogP contribution is 2.20. The van der Waals surface area contributed by atoms with Crippen molar-refractivity contribution in [3.05, 3.63) is 34.9 Å². The molecule has 2 nitrogen and oxygen atoms in total. The Kier molecular flexibility index (Phi) is 7.41. The highest BCUT2D eigenvalue weighted by atomic mass is 15.2. The molecule has 0 radical (unpaired) electrons. The van der Waals surface area contributed by atoms with E-state index in [4.69, 9.17) is 0 Å². The fourth-order valence-corrected chi connectivity index (χ4v) is 2.94. The van der Waals surface area contributed by atoms with Crippen molar-refractivity contribution >= 4 is 0 Å². The van der Waals surface area contributed by atoms with Gasteiger partial charge in [0.2, 0.25) is 0 Å². The second-order valence-corrected chi connectivity index (χ2v) is 6.97. The first kappa shape index (κ1) is 18.2. The van der Waals surface area contributed by atoms with Crippen molar-refractivity contribution in [2.24, 2.45) is 5.92 Å². The lowest BCUT2D eigenvalue weighted by atomic mass is 10.00. The first-order chi connectivity index (χ1) is 9.83. The third kappa shape index (κ3) is 6.19. The number of nitrogens with one attached hydrogen (secondary N) is 1. The summed E-state index contributed by atoms with van der Waals surface area (Å²) in [6.07, 6.45) is 0. The van der Waals surface area contributed by atoms with Crippen molar-refractivity contribution in [1.82, 2.24) is 10.2 Å². The molecule has 21 heavy (non-hydrogen) atoms. The van der Waals surface area contributed by atoms with Crippen LogP contribution < -0.4 is 5.32 Å². The summed E-state index contributed by atoms with van der Waals surface area (Å²) in [7, 11) is 0. The van der Waals surface area contributed by atoms with Crippen LogP contribution in [0.3, 0.4) is 0 Å². The Hall–Kier alpha value is -0.860. The van der Waals surface area contributed by atoms with E-state index in [0.717, 1.165) is 19.6 Å². The van der Waals surface area contributed by atoms with E-state index in [1.54, 1.807) is 0 Å². The van der Waals surface area contributed by atoms with Crippen LogP contribution in [0.25, 0.3) is 0 Å². The second kappa shape index (κ2) is 8.55. The molecule has 0 aliphatic rings. The van der Waals surface area contributed by atoms with Gasteiger partial charge in [0.15, 0.2) is 0 Å². The molecule has 120 valence electrons. The van der Waals surface area contributed by atoms with Crippen molar-refractivity contribution in [2.75, 3.05) is 19.6 Å². The number of aryl methyl sites for hydroxylation is 2. The fraction of sp³-hybridized carbons (Fsp3) is 0.684. The molecule has 0 amide bonds. The minimum Gasteiger partial charge on any atom is -0.309 e. The van der Waals surface area contributed by atoms with E-state index in [2.05, 4.69) is 76.9 Å². The quantitative estimate of drug-likeness (QED) is 0.767. The van der Waals surface area contributed by atoms with Crippen LogP contribution in [0, 0.1) is 19.8 Å². The number of rotatable bonds is 8. The van der Waals surface area contributed by atoms with Crippen LogP contribution in [0.5, 0.6) is 0 Å². The maximum atomic E-state index is 3.67. The van der Waals surface area contributed by atoms with Crippen molar-refractivity contribution in [3.8, 4) is 0 Å². The zero-order valence-electron chi connectivity index (χ0n) is 15.0. The van der Waals surface area contributed by atoms with Gasteiger partial charge in [0, 0.05) is 25.2 Å². The molecule has 0 aliphatic heterocycles. The summed E-state index contributed by atoms with van der Waals surface area (Å²) in [6, 6.07) is 7.90. The number of hydrogen-bond acceptors (Lipinski definition) is 2. The molecule has 2 heteroatoms. The molecule has 1 rings (SSSR count). The van der Waals surface area contributed by atoms with Crippen LogP contribution in [0.1, 0.15) is 57.4 Å². The minimum absolute atomic E-state index is 0.412. The van der Waals surface area contributed by atoms with Crippen molar-refractivity contribution in [3.63, 3.8) is 0 Å². The lowest BCUT2D eigenvalue weighted by Gasteiger charge is -2.33. The number of benzene rings is 1. The third-order valence-corrected chi connectivity index (χ3v) is 3.84. The minimum atomic E-state index is 0.412. The molecule has 0 saturated carbocycles. The van der Waals surface area contributed by atoms with Gasteiger partial charge in [-0.25, -0.2) is 0 Å². The summed E-state index contributed by atoms with van der Waals surface area (Å²) in [5, 5.41) is 3.67. The predicted octanol–water partition coefficient (Wildman–Crippen LogP) is 4.32. The number of nitrogens with zero attached hydrogens (tertiary/aromatic N) is 1. The molecule has 0 heterocycles. The van der Waals surface area contributed by atoms with E-state index in [1.165, 1.54) is 16.7 Å². The second-order valence-electron chi connectivity index (χ2n) is 6.97. The van der Waals surface area contributed by atoms with E-state index < -0.39 is 0 Å². The molecule has 0 spiro atoms. The van der Waals surface area contributed by atoms with Crippen LogP contribution in [-0.4, -0.2) is 30.6 Å². The third-order valence-electron chi connectivity index (χ3n) is 3.84. The summed E-state index contributed by atoms with van der Waals surface area (Å²) in [5.74, 6) is 0.703. The van der Waals surface area contributed by atoms with Gasteiger partial charge in [0.25, 0.3) is 0 Å². The molecule has 0 aliphatic carbocycles. The largest absolute Gasteiger partial charge is 0.309 e. The Labute approximate surface area is 131 Å². The molecule has 0 fully saturated rings. The van der Waals surface area contributed by atoms with Gasteiger partial charge in [-0.05, 0) is 45.7 Å². The van der Waals surface area contributed by atoms with E-state index in [0.29, 0.717) is 18.0 Å². The van der Waals surface area contributed by atoms with Gasteiger partial charge in [0.05, 0.1) is 0 Å². The van der Waals surface area contributed by atoms with Crippen LogP contribution in [0.15, 0.2) is 18.2 Å². The molecule has 1 unspecified atom stereocenters. The van der Waals surface area contributed by atoms with Gasteiger partial charge >= 0.3 is 0 Å². The highest BCUT2D eigenvalue weighted by molar-refractivity contribution is 5.31. The maximum absolute atomic E-state index is 3.67. The van der Waals surface area contributed by atoms with E-state index in [9.17, 15) is 0 Å². The standard InChI is InChI=1S/C19H34N2/c1-8-20-19(13-21(15(4)5)12-14(2)3)18-10-16(6)9-17(7)11-18/h9-11,14-15,19-20H,8,12-13H2,1-7H3. The molecule has 0 aromatic heterocycles. The Morgan fingerprint density at radius 1 is 0.952 bits per heavy atom. The highest BCUT2D eigenvalue weighted by Gasteiger charge is 2.18. The normalized spacial score (nSPS) is 13.4. The lowest BCUT2D eigenvalue weighted by Crippen LogP contribution is -2.41. The van der Waals surface area contributed by atoms with Crippen molar-refractivity contribution < 1.29 is 0 Å². The molecular formula is C19H34N2. The van der Waals surface area contributed by atoms with Gasteiger partial charge in [0.1, 0.15) is 0 Å². The molecule has 1 N–H and O–H groups in total. The molecule has 1 atom stereocenters. The molecule has 1 aromatic rings. The molecule has 1 aromatic carbocycles. The molecule has 0 saturated heterocycles. The number of hydrogen-bond donors (Lipinski definition) is 1. The van der Waals surface area contributed by atoms with Gasteiger partial charge in [-0.2, -0.15) is 0 Å². The van der Waals surface area contributed by atoms with Crippen LogP contribution in [0.2, 0.25) is 0 Å². The first-order valence-corrected chi connectivity index (χ1v) is 8.39. The predicted molar refractivity (Wildman–Crippen MR) is 93.9 cm³/mol. The fourth-order valence-electron chi connectivity index (χ4n) is 2.94. The Balaban J connectivity index is 2.93. The van der Waals surface area contributed by atoms with Crippen LogP contribution in [-0.2, 0) is 0 Å². The Bertz CT molecular complexity index is 403. The molecular weight excluding hydrogens is 256 g/mol. The van der Waals surface area contributed by atoms with Crippen LogP contribution in [0.4, 0.5) is 0 Å². The Morgan fingerprint density at radius 3 is 1.95 bits per heavy atom. The zero-order valence-corrected chi connectivity index (χ0v) is 15.0. The first-order valence-electron chi connectivity index (χ1n) is 8.39. The van der Waals surface area contributed by atoms with Gasteiger partial charge in [-0.15, -0.1) is 0 Å². The van der Waals surface area contributed by atoms with Gasteiger partial charge in [-0.3, -0.25) is 4.90 Å². The summed E-state index contributed by atoms with van der Waals surface area (Å²) in [6.45, 7) is 19.0. The van der Waals surface area contributed by atoms with E-state index in [1.807, 2.05) is 0 Å². The smallest absolute Gasteiger partial charge is 0.0449 e. The average Bonchev–Trinajstić information content (AvgIpc) is 2.35. The molecule has 0 bridgehead atoms. The maximum Gasteiger partial charge on any atom is 0.0449 e. The zero-order chi connectivity index (χ0) is 16.0. The summed E-state index contributed by atoms with van der Waals surface area (Å²) >= 11 is 0. The van der Waals surface area contributed by atoms with E-state index in [-0.39, 0.29) is 0 Å². The monoisotopic (exact) mass is 290 g/mol. The van der Waals surface area contributed by atoms with E-state index >= 15 is 0 Å². The van der Waals surface area contributed by atoms with Gasteiger partial charge < -0.3 is 5.32 Å². The Morgan fingerprint density at radius 2 is 1.52 bits per heavy atom. The number of likely N-dealkylation sites (N-methyl/N-ethyl adjacent to an activating group) is 1. The summed E-state index contributed by atoms with van der Waals surface area (Å²) < 4.78 is 0. The summed E-state index contributed by atoms with van der Waals surface area (Å²) in [5.41, 5.74) is 4.13.